The summed E-state index contributed by atoms with van der Waals surface area (Å²) in [6.07, 6.45) is 0. The zero-order valence-corrected chi connectivity index (χ0v) is 17.2. The van der Waals surface area contributed by atoms with Gasteiger partial charge in [-0.1, -0.05) is 12.1 Å². The number of carbonyl (C=O) groups is 3. The van der Waals surface area contributed by atoms with Crippen LogP contribution in [0.15, 0.2) is 42.5 Å². The minimum absolute atomic E-state index is 0.168. The van der Waals surface area contributed by atoms with Crippen molar-refractivity contribution in [2.24, 2.45) is 0 Å². The third kappa shape index (κ3) is 5.47. The molecule has 0 aliphatic carbocycles. The van der Waals surface area contributed by atoms with Crippen molar-refractivity contribution in [2.45, 2.75) is 0 Å². The molecule has 1 N–H and O–H groups in total. The fraction of sp³-hybridized carbons (Fsp3) is 0.286. The first-order chi connectivity index (χ1) is 13.7. The minimum Gasteiger partial charge on any atom is -0.493 e. The molecule has 8 heteroatoms. The molecule has 0 fully saturated rings. The highest BCUT2D eigenvalue weighted by Crippen LogP contribution is 2.31. The number of para-hydroxylation sites is 1. The summed E-state index contributed by atoms with van der Waals surface area (Å²) in [4.78, 5) is 39.7. The summed E-state index contributed by atoms with van der Waals surface area (Å²) in [6, 6.07) is 11.5. The van der Waals surface area contributed by atoms with Gasteiger partial charge in [0.2, 0.25) is 0 Å². The van der Waals surface area contributed by atoms with E-state index in [0.717, 1.165) is 0 Å². The smallest absolute Gasteiger partial charge is 0.262 e. The zero-order chi connectivity index (χ0) is 21.6. The van der Waals surface area contributed by atoms with Gasteiger partial charge in [-0.2, -0.15) is 0 Å². The second kappa shape index (κ2) is 9.59. The molecule has 154 valence electrons. The first-order valence-electron chi connectivity index (χ1n) is 8.87. The van der Waals surface area contributed by atoms with Crippen molar-refractivity contribution in [3.63, 3.8) is 0 Å². The van der Waals surface area contributed by atoms with E-state index in [2.05, 4.69) is 5.32 Å². The summed E-state index contributed by atoms with van der Waals surface area (Å²) in [6.45, 7) is -0.333. The number of nitrogens with zero attached hydrogens (tertiary/aromatic N) is 2. The van der Waals surface area contributed by atoms with Gasteiger partial charge in [-0.05, 0) is 30.3 Å². The molecule has 2 aromatic carbocycles. The predicted octanol–water partition coefficient (Wildman–Crippen LogP) is 2.12. The number of benzene rings is 2. The van der Waals surface area contributed by atoms with E-state index in [0.29, 0.717) is 22.6 Å². The number of nitrogens with one attached hydrogen (secondary N) is 1. The molecule has 0 saturated heterocycles. The summed E-state index contributed by atoms with van der Waals surface area (Å²) < 4.78 is 10.9. The highest BCUT2D eigenvalue weighted by Gasteiger charge is 2.19. The van der Waals surface area contributed by atoms with E-state index in [1.54, 1.807) is 70.7 Å². The highest BCUT2D eigenvalue weighted by molar-refractivity contribution is 5.99. The Morgan fingerprint density at radius 3 is 2.21 bits per heavy atom. The van der Waals surface area contributed by atoms with Crippen molar-refractivity contribution < 1.29 is 23.9 Å². The van der Waals surface area contributed by atoms with Gasteiger partial charge in [0.1, 0.15) is 0 Å². The third-order valence-corrected chi connectivity index (χ3v) is 3.98. The molecule has 0 bridgehead atoms. The van der Waals surface area contributed by atoms with Gasteiger partial charge in [-0.15, -0.1) is 0 Å². The Hall–Kier alpha value is -3.55. The number of ether oxygens (including phenoxy) is 2. The maximum absolute atomic E-state index is 12.4. The van der Waals surface area contributed by atoms with Gasteiger partial charge in [0.05, 0.1) is 12.7 Å². The first-order valence-corrected chi connectivity index (χ1v) is 8.87. The van der Waals surface area contributed by atoms with Crippen molar-refractivity contribution in [2.75, 3.05) is 47.2 Å². The average Bonchev–Trinajstić information content (AvgIpc) is 2.70. The maximum atomic E-state index is 12.4. The molecule has 0 aliphatic rings. The molecule has 8 nitrogen and oxygen atoms in total. The first kappa shape index (κ1) is 21.7. The lowest BCUT2D eigenvalue weighted by atomic mass is 10.1. The van der Waals surface area contributed by atoms with Crippen LogP contribution in [0.3, 0.4) is 0 Å². The van der Waals surface area contributed by atoms with Crippen LogP contribution in [0.5, 0.6) is 11.5 Å². The van der Waals surface area contributed by atoms with Gasteiger partial charge in [0, 0.05) is 39.4 Å². The third-order valence-electron chi connectivity index (χ3n) is 3.98. The van der Waals surface area contributed by atoms with Crippen LogP contribution >= 0.6 is 0 Å². The van der Waals surface area contributed by atoms with Crippen molar-refractivity contribution >= 4 is 23.4 Å². The Morgan fingerprint density at radius 1 is 0.931 bits per heavy atom. The Bertz CT molecular complexity index is 909. The van der Waals surface area contributed by atoms with E-state index in [-0.39, 0.29) is 24.2 Å². The van der Waals surface area contributed by atoms with Crippen LogP contribution in [-0.4, -0.2) is 69.4 Å². The number of rotatable bonds is 7. The number of amides is 3. The second-order valence-corrected chi connectivity index (χ2v) is 6.65. The fourth-order valence-electron chi connectivity index (χ4n) is 2.56. The Balaban J connectivity index is 2.13. The van der Waals surface area contributed by atoms with Crippen molar-refractivity contribution in [1.29, 1.82) is 0 Å². The van der Waals surface area contributed by atoms with Crippen LogP contribution in [0.25, 0.3) is 0 Å². The largest absolute Gasteiger partial charge is 0.493 e. The Labute approximate surface area is 170 Å². The topological polar surface area (TPSA) is 88.2 Å². The van der Waals surface area contributed by atoms with Crippen LogP contribution in [0.2, 0.25) is 0 Å². The van der Waals surface area contributed by atoms with Crippen molar-refractivity contribution in [1.82, 2.24) is 9.80 Å². The molecule has 0 atom stereocenters. The lowest BCUT2D eigenvalue weighted by Gasteiger charge is -2.17. The summed E-state index contributed by atoms with van der Waals surface area (Å²) in [7, 11) is 8.02. The predicted molar refractivity (Wildman–Crippen MR) is 110 cm³/mol. The van der Waals surface area contributed by atoms with E-state index < -0.39 is 5.91 Å². The highest BCUT2D eigenvalue weighted by atomic mass is 16.5. The molecule has 3 amide bonds. The Morgan fingerprint density at radius 2 is 1.59 bits per heavy atom. The summed E-state index contributed by atoms with van der Waals surface area (Å²) in [5.74, 6) is -0.328. The van der Waals surface area contributed by atoms with E-state index >= 15 is 0 Å². The van der Waals surface area contributed by atoms with E-state index in [1.807, 2.05) is 0 Å². The number of hydrogen-bond donors (Lipinski definition) is 1. The van der Waals surface area contributed by atoms with Gasteiger partial charge in [-0.25, -0.2) is 0 Å². The van der Waals surface area contributed by atoms with Crippen molar-refractivity contribution in [3.05, 3.63) is 53.6 Å². The van der Waals surface area contributed by atoms with Crippen LogP contribution < -0.4 is 14.8 Å². The van der Waals surface area contributed by atoms with Crippen molar-refractivity contribution in [3.8, 4) is 11.5 Å². The van der Waals surface area contributed by atoms with Gasteiger partial charge in [-0.3, -0.25) is 14.4 Å². The minimum atomic E-state index is -0.436. The maximum Gasteiger partial charge on any atom is 0.262 e. The van der Waals surface area contributed by atoms with Gasteiger partial charge in [0.15, 0.2) is 18.1 Å². The van der Waals surface area contributed by atoms with E-state index in [9.17, 15) is 14.4 Å². The monoisotopic (exact) mass is 399 g/mol. The van der Waals surface area contributed by atoms with E-state index in [4.69, 9.17) is 9.47 Å². The van der Waals surface area contributed by atoms with Gasteiger partial charge in [0.25, 0.3) is 17.7 Å². The van der Waals surface area contributed by atoms with Crippen LogP contribution in [0.4, 0.5) is 5.69 Å². The fourth-order valence-corrected chi connectivity index (χ4v) is 2.56. The zero-order valence-electron chi connectivity index (χ0n) is 17.2. The summed E-state index contributed by atoms with van der Waals surface area (Å²) in [5, 5.41) is 2.68. The van der Waals surface area contributed by atoms with Gasteiger partial charge < -0.3 is 24.6 Å². The standard InChI is InChI=1S/C21H25N3O5/c1-23(2)20(26)14-8-6-9-15(12-14)22-18(25)13-29-19-16(21(27)24(3)4)10-7-11-17(19)28-5/h6-12H,13H2,1-5H3,(H,22,25). The molecular formula is C21H25N3O5. The van der Waals surface area contributed by atoms with Crippen LogP contribution in [0.1, 0.15) is 20.7 Å². The molecule has 0 aromatic heterocycles. The molecule has 0 unspecified atom stereocenters. The Kier molecular flexibility index (Phi) is 7.19. The molecule has 2 aromatic rings. The molecule has 0 saturated carbocycles. The lowest BCUT2D eigenvalue weighted by Crippen LogP contribution is -2.25. The van der Waals surface area contributed by atoms with E-state index in [1.165, 1.54) is 16.9 Å². The normalized spacial score (nSPS) is 10.1. The molecule has 0 aliphatic heterocycles. The number of carbonyl (C=O) groups excluding carboxylic acids is 3. The molecule has 0 spiro atoms. The quantitative estimate of drug-likeness (QED) is 0.771. The average molecular weight is 399 g/mol. The molecule has 29 heavy (non-hydrogen) atoms. The molecule has 0 radical (unpaired) electrons. The van der Waals surface area contributed by atoms with Gasteiger partial charge >= 0.3 is 0 Å². The lowest BCUT2D eigenvalue weighted by molar-refractivity contribution is -0.118. The number of anilines is 1. The summed E-state index contributed by atoms with van der Waals surface area (Å²) in [5.41, 5.74) is 1.22. The molecule has 0 heterocycles. The molecule has 2 rings (SSSR count). The van der Waals surface area contributed by atoms with Crippen LogP contribution in [-0.2, 0) is 4.79 Å². The number of methoxy groups -OCH3 is 1. The SMILES string of the molecule is COc1cccc(C(=O)N(C)C)c1OCC(=O)Nc1cccc(C(=O)N(C)C)c1. The number of hydrogen-bond acceptors (Lipinski definition) is 5. The molecular weight excluding hydrogens is 374 g/mol. The van der Waals surface area contributed by atoms with Crippen LogP contribution in [0, 0.1) is 0 Å². The second-order valence-electron chi connectivity index (χ2n) is 6.65. The summed E-state index contributed by atoms with van der Waals surface area (Å²) >= 11 is 0.